The number of carbonyl (C=O) groups excluding carboxylic acids is 2. The highest BCUT2D eigenvalue weighted by Crippen LogP contribution is 2.23. The van der Waals surface area contributed by atoms with E-state index in [1.54, 1.807) is 26.0 Å². The van der Waals surface area contributed by atoms with Crippen molar-refractivity contribution in [1.29, 1.82) is 0 Å². The highest BCUT2D eigenvalue weighted by Gasteiger charge is 2.18. The zero-order chi connectivity index (χ0) is 25.8. The Labute approximate surface area is 203 Å². The maximum Gasteiger partial charge on any atom is 0.338 e. The van der Waals surface area contributed by atoms with E-state index in [1.165, 1.54) is 24.4 Å². The van der Waals surface area contributed by atoms with Crippen LogP contribution in [0.15, 0.2) is 64.1 Å². The number of pyridine rings is 1. The summed E-state index contributed by atoms with van der Waals surface area (Å²) in [5, 5.41) is 12.6. The van der Waals surface area contributed by atoms with Crippen LogP contribution in [0.1, 0.15) is 38.9 Å². The standard InChI is InChI=1S/C26H21F2N3O5/c1-3-35-26(34)15-4-7-18(8-5-15)30-25-20(24(33)31-22-9-6-17(27)10-21(22)28)11-19-16(13-32)12-29-14(2)23(19)36-25/h4-12,32H,3,13H2,1-2H3,(H,31,33). The van der Waals surface area contributed by atoms with Crippen LogP contribution in [0.3, 0.4) is 0 Å². The lowest BCUT2D eigenvalue weighted by Gasteiger charge is -2.10. The molecule has 1 amide bonds. The fourth-order valence-corrected chi connectivity index (χ4v) is 3.44. The molecule has 0 atom stereocenters. The number of ether oxygens (including phenoxy) is 1. The van der Waals surface area contributed by atoms with Crippen molar-refractivity contribution >= 4 is 34.2 Å². The minimum absolute atomic E-state index is 0.0685. The van der Waals surface area contributed by atoms with E-state index in [1.807, 2.05) is 0 Å². The summed E-state index contributed by atoms with van der Waals surface area (Å²) in [5.41, 5.74) is 1.46. The van der Waals surface area contributed by atoms with E-state index in [9.17, 15) is 23.5 Å². The third-order valence-electron chi connectivity index (χ3n) is 5.25. The molecule has 0 saturated heterocycles. The average molecular weight is 493 g/mol. The third-order valence-corrected chi connectivity index (χ3v) is 5.25. The van der Waals surface area contributed by atoms with Crippen LogP contribution in [0.2, 0.25) is 0 Å². The second kappa shape index (κ2) is 10.4. The number of aromatic nitrogens is 1. The molecule has 2 heterocycles. The quantitative estimate of drug-likeness (QED) is 0.381. The van der Waals surface area contributed by atoms with Gasteiger partial charge in [-0.15, -0.1) is 0 Å². The summed E-state index contributed by atoms with van der Waals surface area (Å²) in [6.07, 6.45) is 1.46. The molecule has 2 N–H and O–H groups in total. The van der Waals surface area contributed by atoms with Gasteiger partial charge < -0.3 is 19.6 Å². The summed E-state index contributed by atoms with van der Waals surface area (Å²) in [7, 11) is 0. The van der Waals surface area contributed by atoms with Crippen LogP contribution in [0.5, 0.6) is 0 Å². The van der Waals surface area contributed by atoms with Crippen molar-refractivity contribution in [3.63, 3.8) is 0 Å². The molecule has 0 unspecified atom stereocenters. The monoisotopic (exact) mass is 493 g/mol. The number of aryl methyl sites for hydroxylation is 1. The molecular formula is C26H21F2N3O5. The number of aliphatic hydroxyl groups is 1. The number of hydrogen-bond acceptors (Lipinski definition) is 7. The Morgan fingerprint density at radius 2 is 1.89 bits per heavy atom. The van der Waals surface area contributed by atoms with Gasteiger partial charge >= 0.3 is 5.97 Å². The number of esters is 1. The smallest absolute Gasteiger partial charge is 0.338 e. The lowest BCUT2D eigenvalue weighted by Crippen LogP contribution is -2.22. The van der Waals surface area contributed by atoms with Gasteiger partial charge in [0, 0.05) is 23.2 Å². The van der Waals surface area contributed by atoms with Crippen molar-refractivity contribution in [3.05, 3.63) is 94.3 Å². The summed E-state index contributed by atoms with van der Waals surface area (Å²) < 4.78 is 38.4. The zero-order valence-corrected chi connectivity index (χ0v) is 19.3. The van der Waals surface area contributed by atoms with Gasteiger partial charge in [0.1, 0.15) is 17.2 Å². The van der Waals surface area contributed by atoms with Crippen molar-refractivity contribution in [2.45, 2.75) is 20.5 Å². The summed E-state index contributed by atoms with van der Waals surface area (Å²) >= 11 is 0. The van der Waals surface area contributed by atoms with Crippen LogP contribution in [0.25, 0.3) is 11.0 Å². The first-order valence-electron chi connectivity index (χ1n) is 10.9. The van der Waals surface area contributed by atoms with Gasteiger partial charge in [-0.1, -0.05) is 0 Å². The number of aliphatic hydroxyl groups excluding tert-OH is 1. The predicted octanol–water partition coefficient (Wildman–Crippen LogP) is 4.57. The first-order valence-corrected chi connectivity index (χ1v) is 10.9. The minimum atomic E-state index is -0.954. The van der Waals surface area contributed by atoms with Crippen LogP contribution in [0.4, 0.5) is 20.2 Å². The number of rotatable bonds is 6. The first-order chi connectivity index (χ1) is 17.3. The van der Waals surface area contributed by atoms with Crippen LogP contribution >= 0.6 is 0 Å². The fraction of sp³-hybridized carbons (Fsp3) is 0.154. The third kappa shape index (κ3) is 5.13. The van der Waals surface area contributed by atoms with E-state index in [4.69, 9.17) is 9.15 Å². The van der Waals surface area contributed by atoms with E-state index >= 15 is 0 Å². The van der Waals surface area contributed by atoms with Gasteiger partial charge in [0.15, 0.2) is 5.58 Å². The van der Waals surface area contributed by atoms with Crippen LogP contribution < -0.4 is 10.9 Å². The van der Waals surface area contributed by atoms with E-state index < -0.39 is 23.5 Å². The topological polar surface area (TPSA) is 114 Å². The normalized spacial score (nSPS) is 11.5. The summed E-state index contributed by atoms with van der Waals surface area (Å²) in [6.45, 7) is 3.26. The number of anilines is 1. The Hall–Kier alpha value is -4.44. The molecule has 0 aliphatic carbocycles. The molecule has 0 fully saturated rings. The van der Waals surface area contributed by atoms with Crippen LogP contribution in [-0.2, 0) is 11.3 Å². The Balaban J connectivity index is 1.85. The molecular weight excluding hydrogens is 472 g/mol. The largest absolute Gasteiger partial charge is 0.462 e. The van der Waals surface area contributed by atoms with Gasteiger partial charge in [-0.3, -0.25) is 9.78 Å². The van der Waals surface area contributed by atoms with Gasteiger partial charge in [0.25, 0.3) is 5.91 Å². The number of hydrogen-bond donors (Lipinski definition) is 2. The van der Waals surface area contributed by atoms with Gasteiger partial charge in [-0.05, 0) is 56.3 Å². The Morgan fingerprint density at radius 1 is 1.14 bits per heavy atom. The van der Waals surface area contributed by atoms with E-state index in [0.717, 1.165) is 12.1 Å². The molecule has 4 rings (SSSR count). The predicted molar refractivity (Wildman–Crippen MR) is 127 cm³/mol. The second-order valence-corrected chi connectivity index (χ2v) is 7.69. The van der Waals surface area contributed by atoms with Crippen LogP contribution in [-0.4, -0.2) is 28.6 Å². The summed E-state index contributed by atoms with van der Waals surface area (Å²) in [4.78, 5) is 33.7. The number of halogens is 2. The number of nitrogens with zero attached hydrogens (tertiary/aromatic N) is 2. The molecule has 10 heteroatoms. The molecule has 4 aromatic rings. The molecule has 0 spiro atoms. The highest BCUT2D eigenvalue weighted by atomic mass is 19.1. The number of amides is 1. The minimum Gasteiger partial charge on any atom is -0.462 e. The van der Waals surface area contributed by atoms with E-state index in [0.29, 0.717) is 39.5 Å². The Morgan fingerprint density at radius 3 is 2.56 bits per heavy atom. The molecule has 0 aliphatic rings. The number of benzene rings is 2. The van der Waals surface area contributed by atoms with Gasteiger partial charge in [-0.25, -0.2) is 18.6 Å². The lowest BCUT2D eigenvalue weighted by molar-refractivity contribution is 0.0526. The molecule has 8 nitrogen and oxygen atoms in total. The van der Waals surface area contributed by atoms with Crippen molar-refractivity contribution in [2.24, 2.45) is 4.99 Å². The van der Waals surface area contributed by atoms with Crippen molar-refractivity contribution in [1.82, 2.24) is 4.98 Å². The lowest BCUT2D eigenvalue weighted by atomic mass is 10.1. The SMILES string of the molecule is CCOC(=O)c1ccc(N=c2oc3c(C)ncc(CO)c3cc2C(=O)Nc2ccc(F)cc2F)cc1. The molecule has 36 heavy (non-hydrogen) atoms. The number of nitrogens with one attached hydrogen (secondary N) is 1. The van der Waals surface area contributed by atoms with Gasteiger partial charge in [-0.2, -0.15) is 0 Å². The molecule has 0 bridgehead atoms. The molecule has 0 saturated carbocycles. The maximum atomic E-state index is 14.2. The van der Waals surface area contributed by atoms with Crippen molar-refractivity contribution in [2.75, 3.05) is 11.9 Å². The molecule has 0 radical (unpaired) electrons. The van der Waals surface area contributed by atoms with Crippen molar-refractivity contribution < 1.29 is 32.6 Å². The van der Waals surface area contributed by atoms with Gasteiger partial charge in [0.2, 0.25) is 5.55 Å². The van der Waals surface area contributed by atoms with Crippen LogP contribution in [0, 0.1) is 18.6 Å². The molecule has 2 aromatic heterocycles. The molecule has 2 aromatic carbocycles. The average Bonchev–Trinajstić information content (AvgIpc) is 2.86. The molecule has 184 valence electrons. The first kappa shape index (κ1) is 24.7. The number of fused-ring (bicyclic) bond motifs is 1. The van der Waals surface area contributed by atoms with Gasteiger partial charge in [0.05, 0.1) is 35.8 Å². The summed E-state index contributed by atoms with van der Waals surface area (Å²) in [5.74, 6) is -3.00. The Kier molecular flexibility index (Phi) is 7.16. The highest BCUT2D eigenvalue weighted by molar-refractivity contribution is 6.05. The number of carbonyl (C=O) groups is 2. The second-order valence-electron chi connectivity index (χ2n) is 7.69. The summed E-state index contributed by atoms with van der Waals surface area (Å²) in [6, 6.07) is 10.3. The Bertz CT molecular complexity index is 1530. The van der Waals surface area contributed by atoms with Crippen molar-refractivity contribution in [3.8, 4) is 0 Å². The van der Waals surface area contributed by atoms with E-state index in [2.05, 4.69) is 15.3 Å². The zero-order valence-electron chi connectivity index (χ0n) is 19.3. The van der Waals surface area contributed by atoms with E-state index in [-0.39, 0.29) is 30.0 Å². The maximum absolute atomic E-state index is 14.2. The fourth-order valence-electron chi connectivity index (χ4n) is 3.44. The molecule has 0 aliphatic heterocycles.